The number of carboxylic acid groups (broad SMARTS) is 1. The molecule has 7 heteroatoms. The van der Waals surface area contributed by atoms with Crippen molar-refractivity contribution in [2.45, 2.75) is 6.42 Å². The predicted molar refractivity (Wildman–Crippen MR) is 69.1 cm³/mol. The molecule has 0 radical (unpaired) electrons. The first-order valence-corrected chi connectivity index (χ1v) is 6.21. The monoisotopic (exact) mass is 282 g/mol. The van der Waals surface area contributed by atoms with Crippen molar-refractivity contribution in [3.63, 3.8) is 0 Å². The number of aliphatic hydroxyl groups excluding tert-OH is 1. The summed E-state index contributed by atoms with van der Waals surface area (Å²) in [5, 5.41) is 20.5. The van der Waals surface area contributed by atoms with Gasteiger partial charge in [0.25, 0.3) is 0 Å². The molecule has 6 nitrogen and oxygen atoms in total. The van der Waals surface area contributed by atoms with Crippen molar-refractivity contribution >= 4 is 17.7 Å². The lowest BCUT2D eigenvalue weighted by molar-refractivity contribution is 0.0697. The second-order valence-corrected chi connectivity index (χ2v) is 4.71. The summed E-state index contributed by atoms with van der Waals surface area (Å²) in [6.07, 6.45) is 0.707. The number of halogens is 1. The highest BCUT2D eigenvalue weighted by Crippen LogP contribution is 2.20. The van der Waals surface area contributed by atoms with Crippen molar-refractivity contribution < 1.29 is 24.2 Å². The minimum Gasteiger partial charge on any atom is -0.478 e. The first-order chi connectivity index (χ1) is 9.51. The van der Waals surface area contributed by atoms with Gasteiger partial charge in [-0.15, -0.1) is 0 Å². The van der Waals surface area contributed by atoms with Crippen LogP contribution in [0.5, 0.6) is 0 Å². The van der Waals surface area contributed by atoms with Gasteiger partial charge in [0.05, 0.1) is 11.3 Å². The highest BCUT2D eigenvalue weighted by Gasteiger charge is 2.26. The van der Waals surface area contributed by atoms with Crippen LogP contribution in [0.25, 0.3) is 0 Å². The highest BCUT2D eigenvalue weighted by molar-refractivity contribution is 6.00. The third-order valence-electron chi connectivity index (χ3n) is 3.28. The van der Waals surface area contributed by atoms with Crippen molar-refractivity contribution in [1.29, 1.82) is 0 Å². The molecule has 1 aliphatic rings. The highest BCUT2D eigenvalue weighted by atomic mass is 19.1. The third-order valence-corrected chi connectivity index (χ3v) is 3.28. The second kappa shape index (κ2) is 5.87. The lowest BCUT2D eigenvalue weighted by Gasteiger charge is -2.18. The SMILES string of the molecule is O=C(O)c1cc(F)ccc1NC(=O)N1CCC(CO)C1. The van der Waals surface area contributed by atoms with Gasteiger partial charge in [-0.1, -0.05) is 0 Å². The quantitative estimate of drug-likeness (QED) is 0.781. The zero-order chi connectivity index (χ0) is 14.7. The van der Waals surface area contributed by atoms with E-state index in [4.69, 9.17) is 10.2 Å². The molecule has 1 aliphatic heterocycles. The molecule has 2 rings (SSSR count). The smallest absolute Gasteiger partial charge is 0.337 e. The van der Waals surface area contributed by atoms with Crippen LogP contribution in [0.15, 0.2) is 18.2 Å². The van der Waals surface area contributed by atoms with E-state index in [1.807, 2.05) is 0 Å². The van der Waals surface area contributed by atoms with Gasteiger partial charge in [0.2, 0.25) is 0 Å². The molecule has 2 amide bonds. The van der Waals surface area contributed by atoms with Crippen LogP contribution in [-0.4, -0.2) is 46.8 Å². The van der Waals surface area contributed by atoms with Gasteiger partial charge in [-0.25, -0.2) is 14.0 Å². The molecule has 0 aliphatic carbocycles. The summed E-state index contributed by atoms with van der Waals surface area (Å²) < 4.78 is 13.0. The lowest BCUT2D eigenvalue weighted by atomic mass is 10.1. The fourth-order valence-corrected chi connectivity index (χ4v) is 2.16. The average molecular weight is 282 g/mol. The van der Waals surface area contributed by atoms with E-state index >= 15 is 0 Å². The van der Waals surface area contributed by atoms with Crippen LogP contribution in [0.3, 0.4) is 0 Å². The van der Waals surface area contributed by atoms with Crippen molar-refractivity contribution in [3.8, 4) is 0 Å². The Morgan fingerprint density at radius 3 is 2.80 bits per heavy atom. The first kappa shape index (κ1) is 14.3. The van der Waals surface area contributed by atoms with Crippen LogP contribution >= 0.6 is 0 Å². The number of nitrogens with one attached hydrogen (secondary N) is 1. The maximum Gasteiger partial charge on any atom is 0.337 e. The number of carbonyl (C=O) groups is 2. The molecular weight excluding hydrogens is 267 g/mol. The molecule has 108 valence electrons. The third kappa shape index (κ3) is 3.05. The van der Waals surface area contributed by atoms with Gasteiger partial charge >= 0.3 is 12.0 Å². The average Bonchev–Trinajstić information content (AvgIpc) is 2.89. The molecule has 20 heavy (non-hydrogen) atoms. The van der Waals surface area contributed by atoms with Crippen LogP contribution in [0.1, 0.15) is 16.8 Å². The summed E-state index contributed by atoms with van der Waals surface area (Å²) >= 11 is 0. The van der Waals surface area contributed by atoms with E-state index in [1.165, 1.54) is 11.0 Å². The number of benzene rings is 1. The molecule has 1 saturated heterocycles. The maximum absolute atomic E-state index is 13.0. The molecule has 1 aromatic rings. The van der Waals surface area contributed by atoms with Crippen molar-refractivity contribution in [2.24, 2.45) is 5.92 Å². The van der Waals surface area contributed by atoms with Crippen LogP contribution in [0.4, 0.5) is 14.9 Å². The normalized spacial score (nSPS) is 18.1. The number of carbonyl (C=O) groups excluding carboxylic acids is 1. The number of carboxylic acids is 1. The van der Waals surface area contributed by atoms with Crippen LogP contribution in [0.2, 0.25) is 0 Å². The zero-order valence-electron chi connectivity index (χ0n) is 10.7. The second-order valence-electron chi connectivity index (χ2n) is 4.71. The van der Waals surface area contributed by atoms with Gasteiger partial charge in [0.1, 0.15) is 5.82 Å². The number of likely N-dealkylation sites (tertiary alicyclic amines) is 1. The van der Waals surface area contributed by atoms with Crippen LogP contribution in [-0.2, 0) is 0 Å². The van der Waals surface area contributed by atoms with E-state index in [0.717, 1.165) is 12.1 Å². The van der Waals surface area contributed by atoms with Crippen LogP contribution < -0.4 is 5.32 Å². The van der Waals surface area contributed by atoms with Crippen molar-refractivity contribution in [1.82, 2.24) is 4.90 Å². The van der Waals surface area contributed by atoms with Gasteiger partial charge in [0.15, 0.2) is 0 Å². The molecule has 1 atom stereocenters. The summed E-state index contributed by atoms with van der Waals surface area (Å²) in [4.78, 5) is 24.5. The zero-order valence-corrected chi connectivity index (χ0v) is 10.7. The summed E-state index contributed by atoms with van der Waals surface area (Å²) in [6.45, 7) is 0.938. The van der Waals surface area contributed by atoms with Crippen molar-refractivity contribution in [3.05, 3.63) is 29.6 Å². The fraction of sp³-hybridized carbons (Fsp3) is 0.385. The molecule has 1 aromatic carbocycles. The largest absolute Gasteiger partial charge is 0.478 e. The Bertz CT molecular complexity index is 535. The van der Waals surface area contributed by atoms with E-state index in [0.29, 0.717) is 19.5 Å². The van der Waals surface area contributed by atoms with E-state index in [1.54, 1.807) is 0 Å². The van der Waals surface area contributed by atoms with Gasteiger partial charge < -0.3 is 20.4 Å². The number of rotatable bonds is 3. The molecule has 0 aromatic heterocycles. The minimum atomic E-state index is -1.31. The molecule has 1 unspecified atom stereocenters. The van der Waals surface area contributed by atoms with Crippen LogP contribution in [0, 0.1) is 11.7 Å². The standard InChI is InChI=1S/C13H15FN2O4/c14-9-1-2-11(10(5-9)12(18)19)15-13(20)16-4-3-8(6-16)7-17/h1-2,5,8,17H,3-4,6-7H2,(H,15,20)(H,18,19). The maximum atomic E-state index is 13.0. The van der Waals surface area contributed by atoms with Gasteiger partial charge in [-0.2, -0.15) is 0 Å². The molecule has 1 heterocycles. The van der Waals surface area contributed by atoms with Gasteiger partial charge in [-0.05, 0) is 24.6 Å². The molecule has 1 fully saturated rings. The predicted octanol–water partition coefficient (Wildman–Crippen LogP) is 1.37. The fourth-order valence-electron chi connectivity index (χ4n) is 2.16. The molecular formula is C13H15FN2O4. The lowest BCUT2D eigenvalue weighted by Crippen LogP contribution is -2.33. The molecule has 0 spiro atoms. The number of amides is 2. The Hall–Kier alpha value is -2.15. The number of aromatic carboxylic acids is 1. The van der Waals surface area contributed by atoms with Gasteiger partial charge in [-0.3, -0.25) is 0 Å². The van der Waals surface area contributed by atoms with Crippen molar-refractivity contribution in [2.75, 3.05) is 25.0 Å². The number of anilines is 1. The number of hydrogen-bond donors (Lipinski definition) is 3. The van der Waals surface area contributed by atoms with E-state index < -0.39 is 17.8 Å². The van der Waals surface area contributed by atoms with E-state index in [9.17, 15) is 14.0 Å². The molecule has 3 N–H and O–H groups in total. The number of aliphatic hydroxyl groups is 1. The summed E-state index contributed by atoms with van der Waals surface area (Å²) in [5.74, 6) is -1.94. The Morgan fingerprint density at radius 1 is 1.45 bits per heavy atom. The minimum absolute atomic E-state index is 0.0146. The molecule has 0 saturated carbocycles. The number of hydrogen-bond acceptors (Lipinski definition) is 3. The van der Waals surface area contributed by atoms with E-state index in [2.05, 4.69) is 5.32 Å². The Morgan fingerprint density at radius 2 is 2.20 bits per heavy atom. The number of urea groups is 1. The van der Waals surface area contributed by atoms with E-state index in [-0.39, 0.29) is 23.8 Å². The molecule has 0 bridgehead atoms. The number of nitrogens with zero attached hydrogens (tertiary/aromatic N) is 1. The summed E-state index contributed by atoms with van der Waals surface area (Å²) in [7, 11) is 0. The first-order valence-electron chi connectivity index (χ1n) is 6.21. The van der Waals surface area contributed by atoms with Gasteiger partial charge in [0, 0.05) is 25.6 Å². The Balaban J connectivity index is 2.10. The summed E-state index contributed by atoms with van der Waals surface area (Å²) in [6, 6.07) is 2.71. The summed E-state index contributed by atoms with van der Waals surface area (Å²) in [5.41, 5.74) is -0.243. The topological polar surface area (TPSA) is 89.9 Å². The Kier molecular flexibility index (Phi) is 4.19. The Labute approximate surface area is 114 Å².